The van der Waals surface area contributed by atoms with Gasteiger partial charge >= 0.3 is 0 Å². The molecule has 1 fully saturated rings. The van der Waals surface area contributed by atoms with Crippen LogP contribution in [0.2, 0.25) is 0 Å². The van der Waals surface area contributed by atoms with Crippen LogP contribution in [0.1, 0.15) is 12.5 Å². The number of hydrogen-bond acceptors (Lipinski definition) is 3. The number of aliphatic hydroxyl groups excluding tert-OH is 1. The van der Waals surface area contributed by atoms with Gasteiger partial charge in [-0.25, -0.2) is 0 Å². The Morgan fingerprint density at radius 2 is 2.33 bits per heavy atom. The number of nitrogens with two attached hydrogens (primary N) is 1. The summed E-state index contributed by atoms with van der Waals surface area (Å²) in [5, 5.41) is 13.3. The number of nitrogens with zero attached hydrogens (tertiary/aromatic N) is 2. The molecule has 3 unspecified atom stereocenters. The zero-order valence-corrected chi connectivity index (χ0v) is 7.31. The quantitative estimate of drug-likeness (QED) is 0.651. The molecule has 68 valence electrons. The van der Waals surface area contributed by atoms with Gasteiger partial charge in [0.05, 0.1) is 12.1 Å². The first kappa shape index (κ1) is 9.51. The molecule has 1 aliphatic carbocycles. The predicted molar refractivity (Wildman–Crippen MR) is 47.1 cm³/mol. The first-order valence-corrected chi connectivity index (χ1v) is 3.72. The number of rotatable bonds is 1. The maximum atomic E-state index is 9.31. The van der Waals surface area contributed by atoms with E-state index in [4.69, 9.17) is 5.73 Å². The SMILES string of the molecule is Cl.NC1CC(O)C1n1cccn1. The Balaban J connectivity index is 0.000000720. The first-order valence-electron chi connectivity index (χ1n) is 3.72. The molecular weight excluding hydrogens is 178 g/mol. The van der Waals surface area contributed by atoms with Gasteiger partial charge in [-0.3, -0.25) is 4.68 Å². The van der Waals surface area contributed by atoms with Crippen molar-refractivity contribution < 1.29 is 5.11 Å². The molecule has 3 atom stereocenters. The van der Waals surface area contributed by atoms with E-state index in [0.29, 0.717) is 6.42 Å². The van der Waals surface area contributed by atoms with Crippen LogP contribution in [0.15, 0.2) is 18.5 Å². The summed E-state index contributed by atoms with van der Waals surface area (Å²) < 4.78 is 1.72. The maximum absolute atomic E-state index is 9.31. The van der Waals surface area contributed by atoms with Crippen molar-refractivity contribution in [3.63, 3.8) is 0 Å². The molecule has 0 radical (unpaired) electrons. The van der Waals surface area contributed by atoms with E-state index in [1.807, 2.05) is 12.3 Å². The van der Waals surface area contributed by atoms with Crippen LogP contribution >= 0.6 is 12.4 Å². The third-order valence-electron chi connectivity index (χ3n) is 2.18. The predicted octanol–water partition coefficient (Wildman–Crippen LogP) is -0.0621. The van der Waals surface area contributed by atoms with Crippen LogP contribution in [0, 0.1) is 0 Å². The van der Waals surface area contributed by atoms with E-state index in [-0.39, 0.29) is 30.6 Å². The number of halogens is 1. The van der Waals surface area contributed by atoms with Crippen LogP contribution in [0.4, 0.5) is 0 Å². The highest BCUT2D eigenvalue weighted by Gasteiger charge is 2.38. The zero-order chi connectivity index (χ0) is 7.84. The standard InChI is InChI=1S/C7H11N3O.ClH/c8-5-4-6(11)7(5)10-3-1-2-9-10;/h1-3,5-7,11H,4,8H2;1H. The molecule has 0 aromatic carbocycles. The van der Waals surface area contributed by atoms with Crippen molar-refractivity contribution in [2.45, 2.75) is 24.6 Å². The minimum absolute atomic E-state index is 0. The lowest BCUT2D eigenvalue weighted by Gasteiger charge is -2.38. The summed E-state index contributed by atoms with van der Waals surface area (Å²) in [6, 6.07) is 1.88. The molecule has 1 saturated carbocycles. The van der Waals surface area contributed by atoms with Crippen LogP contribution in [-0.4, -0.2) is 27.0 Å². The van der Waals surface area contributed by atoms with Gasteiger partial charge in [0.2, 0.25) is 0 Å². The lowest BCUT2D eigenvalue weighted by molar-refractivity contribution is 0.00636. The molecule has 0 amide bonds. The van der Waals surface area contributed by atoms with Crippen LogP contribution in [0.25, 0.3) is 0 Å². The fourth-order valence-electron chi connectivity index (χ4n) is 1.48. The van der Waals surface area contributed by atoms with E-state index in [2.05, 4.69) is 5.10 Å². The maximum Gasteiger partial charge on any atom is 0.0929 e. The number of hydrogen-bond donors (Lipinski definition) is 2. The summed E-state index contributed by atoms with van der Waals surface area (Å²) in [6.45, 7) is 0. The summed E-state index contributed by atoms with van der Waals surface area (Å²) >= 11 is 0. The summed E-state index contributed by atoms with van der Waals surface area (Å²) in [6.07, 6.45) is 3.89. The third-order valence-corrected chi connectivity index (χ3v) is 2.18. The van der Waals surface area contributed by atoms with Gasteiger partial charge in [0.1, 0.15) is 0 Å². The van der Waals surface area contributed by atoms with Crippen LogP contribution < -0.4 is 5.73 Å². The fraction of sp³-hybridized carbons (Fsp3) is 0.571. The Kier molecular flexibility index (Phi) is 2.72. The molecule has 3 N–H and O–H groups in total. The average Bonchev–Trinajstić information content (AvgIpc) is 2.39. The van der Waals surface area contributed by atoms with Crippen molar-refractivity contribution in [2.24, 2.45) is 5.73 Å². The first-order chi connectivity index (χ1) is 5.29. The molecule has 4 nitrogen and oxygen atoms in total. The number of aromatic nitrogens is 2. The van der Waals surface area contributed by atoms with E-state index in [1.165, 1.54) is 0 Å². The molecule has 1 aromatic heterocycles. The Morgan fingerprint density at radius 3 is 2.75 bits per heavy atom. The smallest absolute Gasteiger partial charge is 0.0929 e. The third kappa shape index (κ3) is 1.33. The lowest BCUT2D eigenvalue weighted by Crippen LogP contribution is -2.52. The fourth-order valence-corrected chi connectivity index (χ4v) is 1.48. The second-order valence-electron chi connectivity index (χ2n) is 2.94. The molecule has 2 rings (SSSR count). The highest BCUT2D eigenvalue weighted by atomic mass is 35.5. The van der Waals surface area contributed by atoms with Crippen LogP contribution in [-0.2, 0) is 0 Å². The van der Waals surface area contributed by atoms with Gasteiger partial charge in [-0.2, -0.15) is 5.10 Å². The minimum atomic E-state index is -0.315. The molecular formula is C7H12ClN3O. The largest absolute Gasteiger partial charge is 0.391 e. The van der Waals surface area contributed by atoms with Gasteiger partial charge in [-0.05, 0) is 12.5 Å². The van der Waals surface area contributed by atoms with Crippen molar-refractivity contribution in [1.29, 1.82) is 0 Å². The molecule has 1 aromatic rings. The lowest BCUT2D eigenvalue weighted by atomic mass is 9.84. The van der Waals surface area contributed by atoms with Crippen LogP contribution in [0.5, 0.6) is 0 Å². The van der Waals surface area contributed by atoms with E-state index in [1.54, 1.807) is 10.9 Å². The van der Waals surface area contributed by atoms with Crippen molar-refractivity contribution in [1.82, 2.24) is 9.78 Å². The Labute approximate surface area is 76.8 Å². The van der Waals surface area contributed by atoms with Gasteiger partial charge < -0.3 is 10.8 Å². The van der Waals surface area contributed by atoms with Gasteiger partial charge in [0.15, 0.2) is 0 Å². The van der Waals surface area contributed by atoms with Gasteiger partial charge in [-0.1, -0.05) is 0 Å². The van der Waals surface area contributed by atoms with Crippen LogP contribution in [0.3, 0.4) is 0 Å². The zero-order valence-electron chi connectivity index (χ0n) is 6.50. The molecule has 0 aliphatic heterocycles. The highest BCUT2D eigenvalue weighted by molar-refractivity contribution is 5.85. The molecule has 5 heteroatoms. The molecule has 0 bridgehead atoms. The second-order valence-corrected chi connectivity index (χ2v) is 2.94. The van der Waals surface area contributed by atoms with Gasteiger partial charge in [-0.15, -0.1) is 12.4 Å². The summed E-state index contributed by atoms with van der Waals surface area (Å²) in [4.78, 5) is 0. The Morgan fingerprint density at radius 1 is 1.58 bits per heavy atom. The topological polar surface area (TPSA) is 64.1 Å². The van der Waals surface area contributed by atoms with Gasteiger partial charge in [0, 0.05) is 18.4 Å². The van der Waals surface area contributed by atoms with Gasteiger partial charge in [0.25, 0.3) is 0 Å². The molecule has 1 aliphatic rings. The number of aliphatic hydroxyl groups is 1. The average molecular weight is 190 g/mol. The van der Waals surface area contributed by atoms with E-state index in [0.717, 1.165) is 0 Å². The second kappa shape index (κ2) is 3.43. The summed E-state index contributed by atoms with van der Waals surface area (Å²) in [7, 11) is 0. The van der Waals surface area contributed by atoms with Crippen molar-refractivity contribution in [3.05, 3.63) is 18.5 Å². The van der Waals surface area contributed by atoms with Crippen molar-refractivity contribution >= 4 is 12.4 Å². The van der Waals surface area contributed by atoms with E-state index in [9.17, 15) is 5.11 Å². The Bertz CT molecular complexity index is 231. The molecule has 0 saturated heterocycles. The molecule has 12 heavy (non-hydrogen) atoms. The van der Waals surface area contributed by atoms with Crippen molar-refractivity contribution in [3.8, 4) is 0 Å². The summed E-state index contributed by atoms with van der Waals surface area (Å²) in [5.74, 6) is 0. The normalized spacial score (nSPS) is 33.7. The highest BCUT2D eigenvalue weighted by Crippen LogP contribution is 2.29. The molecule has 0 spiro atoms. The minimum Gasteiger partial charge on any atom is -0.391 e. The van der Waals surface area contributed by atoms with E-state index >= 15 is 0 Å². The molecule has 1 heterocycles. The Hall–Kier alpha value is -0.580. The summed E-state index contributed by atoms with van der Waals surface area (Å²) in [5.41, 5.74) is 5.68. The van der Waals surface area contributed by atoms with E-state index < -0.39 is 0 Å². The monoisotopic (exact) mass is 189 g/mol. The van der Waals surface area contributed by atoms with Crippen molar-refractivity contribution in [2.75, 3.05) is 0 Å².